The van der Waals surface area contributed by atoms with Gasteiger partial charge < -0.3 is 14.5 Å². The summed E-state index contributed by atoms with van der Waals surface area (Å²) in [5.41, 5.74) is 1.51. The second-order valence-electron chi connectivity index (χ2n) is 6.30. The van der Waals surface area contributed by atoms with E-state index in [1.54, 1.807) is 13.0 Å². The fraction of sp³-hybridized carbons (Fsp3) is 0.556. The number of rotatable bonds is 3. The van der Waals surface area contributed by atoms with Crippen molar-refractivity contribution in [1.82, 2.24) is 4.90 Å². The molecule has 1 aromatic carbocycles. The van der Waals surface area contributed by atoms with Crippen LogP contribution in [0.4, 0.5) is 5.69 Å². The van der Waals surface area contributed by atoms with Crippen LogP contribution in [0.15, 0.2) is 18.2 Å². The first kappa shape index (κ1) is 15.8. The zero-order valence-corrected chi connectivity index (χ0v) is 13.7. The maximum Gasteiger partial charge on any atom is 0.242 e. The van der Waals surface area contributed by atoms with Gasteiger partial charge in [0.1, 0.15) is 12.4 Å². The highest BCUT2D eigenvalue weighted by Crippen LogP contribution is 2.32. The number of likely N-dealkylation sites (tertiary alicyclic amines) is 1. The van der Waals surface area contributed by atoms with E-state index in [0.717, 1.165) is 37.4 Å². The van der Waals surface area contributed by atoms with Crippen LogP contribution in [0.3, 0.4) is 0 Å². The summed E-state index contributed by atoms with van der Waals surface area (Å²) in [6.07, 6.45) is 4.62. The molecule has 0 bridgehead atoms. The normalized spacial score (nSPS) is 18.0. The molecule has 1 saturated heterocycles. The Kier molecular flexibility index (Phi) is 4.84. The number of amides is 1. The van der Waals surface area contributed by atoms with Crippen LogP contribution in [0.25, 0.3) is 0 Å². The minimum atomic E-state index is 0.0252. The molecule has 3 rings (SSSR count). The van der Waals surface area contributed by atoms with Crippen molar-refractivity contribution < 1.29 is 14.3 Å². The highest BCUT2D eigenvalue weighted by atomic mass is 16.5. The molecule has 2 aliphatic rings. The van der Waals surface area contributed by atoms with E-state index in [0.29, 0.717) is 25.3 Å². The van der Waals surface area contributed by atoms with Gasteiger partial charge in [0, 0.05) is 18.7 Å². The van der Waals surface area contributed by atoms with Crippen LogP contribution in [-0.2, 0) is 4.79 Å². The van der Waals surface area contributed by atoms with E-state index in [4.69, 9.17) is 4.74 Å². The molecule has 0 aromatic heterocycles. The fourth-order valence-corrected chi connectivity index (χ4v) is 3.24. The topological polar surface area (TPSA) is 49.9 Å². The fourth-order valence-electron chi connectivity index (χ4n) is 3.24. The maximum atomic E-state index is 12.6. The number of ketones is 1. The van der Waals surface area contributed by atoms with E-state index in [-0.39, 0.29) is 11.7 Å². The molecule has 0 spiro atoms. The predicted molar refractivity (Wildman–Crippen MR) is 89.2 cm³/mol. The second kappa shape index (κ2) is 7.02. The lowest BCUT2D eigenvalue weighted by molar-refractivity contribution is -0.129. The molecule has 2 aliphatic heterocycles. The van der Waals surface area contributed by atoms with Gasteiger partial charge in [-0.2, -0.15) is 0 Å². The minimum Gasteiger partial charge on any atom is -0.490 e. The van der Waals surface area contributed by atoms with Crippen LogP contribution in [-0.4, -0.2) is 49.4 Å². The Hall–Kier alpha value is -2.04. The van der Waals surface area contributed by atoms with Crippen LogP contribution in [0, 0.1) is 0 Å². The molecule has 0 saturated carbocycles. The van der Waals surface area contributed by atoms with E-state index in [9.17, 15) is 9.59 Å². The zero-order valence-electron chi connectivity index (χ0n) is 13.7. The Labute approximate surface area is 137 Å². The van der Waals surface area contributed by atoms with Crippen molar-refractivity contribution in [3.05, 3.63) is 23.8 Å². The maximum absolute atomic E-state index is 12.6. The van der Waals surface area contributed by atoms with Gasteiger partial charge in [-0.15, -0.1) is 0 Å². The van der Waals surface area contributed by atoms with Gasteiger partial charge in [0.15, 0.2) is 5.78 Å². The third-order valence-corrected chi connectivity index (χ3v) is 4.61. The van der Waals surface area contributed by atoms with E-state index >= 15 is 0 Å². The average Bonchev–Trinajstić information content (AvgIpc) is 2.84. The van der Waals surface area contributed by atoms with E-state index in [1.165, 1.54) is 12.8 Å². The van der Waals surface area contributed by atoms with Crippen molar-refractivity contribution in [3.8, 4) is 5.75 Å². The Morgan fingerprint density at radius 3 is 2.52 bits per heavy atom. The van der Waals surface area contributed by atoms with E-state index in [2.05, 4.69) is 0 Å². The summed E-state index contributed by atoms with van der Waals surface area (Å²) in [4.78, 5) is 28.3. The molecule has 1 amide bonds. The largest absolute Gasteiger partial charge is 0.490 e. The van der Waals surface area contributed by atoms with Crippen molar-refractivity contribution in [2.45, 2.75) is 32.6 Å². The van der Waals surface area contributed by atoms with Gasteiger partial charge in [-0.05, 0) is 38.0 Å². The number of benzene rings is 1. The molecule has 0 unspecified atom stereocenters. The molecule has 124 valence electrons. The molecular weight excluding hydrogens is 292 g/mol. The molecule has 0 atom stereocenters. The Bertz CT molecular complexity index is 592. The van der Waals surface area contributed by atoms with Crippen LogP contribution < -0.4 is 9.64 Å². The first-order valence-corrected chi connectivity index (χ1v) is 8.45. The molecule has 0 aliphatic carbocycles. The van der Waals surface area contributed by atoms with Crippen molar-refractivity contribution >= 4 is 17.4 Å². The molecule has 0 radical (unpaired) electrons. The van der Waals surface area contributed by atoms with Crippen molar-refractivity contribution in [3.63, 3.8) is 0 Å². The van der Waals surface area contributed by atoms with Crippen LogP contribution in [0.5, 0.6) is 5.75 Å². The summed E-state index contributed by atoms with van der Waals surface area (Å²) in [7, 11) is 0. The van der Waals surface area contributed by atoms with Crippen LogP contribution >= 0.6 is 0 Å². The smallest absolute Gasteiger partial charge is 0.242 e. The van der Waals surface area contributed by atoms with E-state index in [1.807, 2.05) is 21.9 Å². The lowest BCUT2D eigenvalue weighted by Gasteiger charge is -2.32. The standard InChI is InChI=1S/C18H24N2O3/c1-14(21)15-6-7-17-16(12-15)20(10-11-23-17)13-18(22)19-8-4-2-3-5-9-19/h6-7,12H,2-5,8-11,13H2,1H3. The van der Waals surface area contributed by atoms with Crippen molar-refractivity contribution in [2.75, 3.05) is 37.7 Å². The number of hydrogen-bond donors (Lipinski definition) is 0. The summed E-state index contributed by atoms with van der Waals surface area (Å²) in [5.74, 6) is 0.954. The number of Topliss-reactive ketones (excluding diaryl/α,β-unsaturated/α-hetero) is 1. The summed E-state index contributed by atoms with van der Waals surface area (Å²) in [6.45, 7) is 4.89. The van der Waals surface area contributed by atoms with E-state index < -0.39 is 0 Å². The van der Waals surface area contributed by atoms with Gasteiger partial charge in [-0.3, -0.25) is 9.59 Å². The molecule has 5 nitrogen and oxygen atoms in total. The molecule has 23 heavy (non-hydrogen) atoms. The summed E-state index contributed by atoms with van der Waals surface area (Å²) < 4.78 is 5.66. The number of anilines is 1. The number of carbonyl (C=O) groups excluding carboxylic acids is 2. The highest BCUT2D eigenvalue weighted by molar-refractivity contribution is 5.96. The average molecular weight is 316 g/mol. The second-order valence-corrected chi connectivity index (χ2v) is 6.30. The third kappa shape index (κ3) is 3.66. The monoisotopic (exact) mass is 316 g/mol. The van der Waals surface area contributed by atoms with Gasteiger partial charge >= 0.3 is 0 Å². The molecular formula is C18H24N2O3. The quantitative estimate of drug-likeness (QED) is 0.804. The molecule has 1 aromatic rings. The Balaban J connectivity index is 1.75. The number of nitrogens with zero attached hydrogens (tertiary/aromatic N) is 2. The Morgan fingerprint density at radius 2 is 1.83 bits per heavy atom. The van der Waals surface area contributed by atoms with Gasteiger partial charge in [0.05, 0.1) is 18.8 Å². The summed E-state index contributed by atoms with van der Waals surface area (Å²) in [5, 5.41) is 0. The predicted octanol–water partition coefficient (Wildman–Crippen LogP) is 2.49. The van der Waals surface area contributed by atoms with Crippen LogP contribution in [0.2, 0.25) is 0 Å². The molecule has 5 heteroatoms. The number of ether oxygens (including phenoxy) is 1. The number of carbonyl (C=O) groups is 2. The van der Waals surface area contributed by atoms with Gasteiger partial charge in [0.2, 0.25) is 5.91 Å². The minimum absolute atomic E-state index is 0.0252. The summed E-state index contributed by atoms with van der Waals surface area (Å²) in [6, 6.07) is 5.45. The lowest BCUT2D eigenvalue weighted by Crippen LogP contribution is -2.43. The highest BCUT2D eigenvalue weighted by Gasteiger charge is 2.24. The SMILES string of the molecule is CC(=O)c1ccc2c(c1)N(CC(=O)N1CCCCCC1)CCO2. The lowest BCUT2D eigenvalue weighted by atomic mass is 10.1. The number of hydrogen-bond acceptors (Lipinski definition) is 4. The van der Waals surface area contributed by atoms with Crippen molar-refractivity contribution in [2.24, 2.45) is 0 Å². The first-order chi connectivity index (χ1) is 11.1. The molecule has 0 N–H and O–H groups in total. The first-order valence-electron chi connectivity index (χ1n) is 8.45. The number of fused-ring (bicyclic) bond motifs is 1. The van der Waals surface area contributed by atoms with Gasteiger partial charge in [-0.1, -0.05) is 12.8 Å². The zero-order chi connectivity index (χ0) is 16.2. The Morgan fingerprint density at radius 1 is 1.09 bits per heavy atom. The van der Waals surface area contributed by atoms with Gasteiger partial charge in [0.25, 0.3) is 0 Å². The van der Waals surface area contributed by atoms with Crippen LogP contribution in [0.1, 0.15) is 43.0 Å². The third-order valence-electron chi connectivity index (χ3n) is 4.61. The molecule has 2 heterocycles. The van der Waals surface area contributed by atoms with Gasteiger partial charge in [-0.25, -0.2) is 0 Å². The molecule has 1 fully saturated rings. The summed E-state index contributed by atoms with van der Waals surface area (Å²) >= 11 is 0. The van der Waals surface area contributed by atoms with Crippen molar-refractivity contribution in [1.29, 1.82) is 0 Å².